The van der Waals surface area contributed by atoms with Crippen molar-refractivity contribution in [2.75, 3.05) is 14.2 Å². The van der Waals surface area contributed by atoms with Gasteiger partial charge in [0.1, 0.15) is 5.92 Å². The second kappa shape index (κ2) is 5.20. The zero-order valence-corrected chi connectivity index (χ0v) is 11.7. The molecule has 21 heavy (non-hydrogen) atoms. The molecule has 3 rings (SSSR count). The first-order valence-corrected chi connectivity index (χ1v) is 6.63. The Balaban J connectivity index is 1.91. The molecule has 1 aromatic carbocycles. The van der Waals surface area contributed by atoms with E-state index in [1.165, 1.54) is 14.2 Å². The number of ether oxygens (including phenoxy) is 2. The van der Waals surface area contributed by atoms with Crippen LogP contribution in [0.1, 0.15) is 5.56 Å². The van der Waals surface area contributed by atoms with Crippen LogP contribution < -0.4 is 0 Å². The molecule has 1 aliphatic heterocycles. The Morgan fingerprint density at radius 1 is 1.05 bits per heavy atom. The van der Waals surface area contributed by atoms with Crippen molar-refractivity contribution in [1.29, 1.82) is 0 Å². The van der Waals surface area contributed by atoms with Crippen LogP contribution in [0.5, 0.6) is 0 Å². The summed E-state index contributed by atoms with van der Waals surface area (Å²) < 4.78 is 9.56. The molecule has 0 amide bonds. The van der Waals surface area contributed by atoms with Gasteiger partial charge in [-0.15, -0.1) is 0 Å². The summed E-state index contributed by atoms with van der Waals surface area (Å²) in [5.74, 6) is -2.48. The van der Waals surface area contributed by atoms with Crippen LogP contribution in [0.3, 0.4) is 0 Å². The Morgan fingerprint density at radius 3 is 2.29 bits per heavy atom. The number of fused-ring (bicyclic) bond motifs is 1. The first-order chi connectivity index (χ1) is 10.2. The van der Waals surface area contributed by atoms with Crippen molar-refractivity contribution in [3.8, 4) is 0 Å². The molecule has 1 saturated carbocycles. The summed E-state index contributed by atoms with van der Waals surface area (Å²) >= 11 is 0. The van der Waals surface area contributed by atoms with E-state index in [2.05, 4.69) is 5.16 Å². The smallest absolute Gasteiger partial charge is 0.313 e. The molecule has 0 radical (unpaired) electrons. The largest absolute Gasteiger partial charge is 0.469 e. The van der Waals surface area contributed by atoms with Gasteiger partial charge in [0.2, 0.25) is 0 Å². The topological polar surface area (TPSA) is 74.2 Å². The van der Waals surface area contributed by atoms with Crippen molar-refractivity contribution in [2.45, 2.75) is 6.10 Å². The summed E-state index contributed by atoms with van der Waals surface area (Å²) in [5.41, 5.74) is 1.55. The molecule has 0 N–H and O–H groups in total. The lowest BCUT2D eigenvalue weighted by Crippen LogP contribution is -2.59. The Labute approximate surface area is 121 Å². The van der Waals surface area contributed by atoms with Crippen LogP contribution in [0.25, 0.3) is 0 Å². The zero-order chi connectivity index (χ0) is 15.0. The van der Waals surface area contributed by atoms with Crippen LogP contribution in [0.15, 0.2) is 35.5 Å². The minimum Gasteiger partial charge on any atom is -0.469 e. The van der Waals surface area contributed by atoms with Crippen molar-refractivity contribution < 1.29 is 23.9 Å². The Hall–Kier alpha value is -2.37. The molecule has 6 heteroatoms. The molecule has 0 spiro atoms. The predicted octanol–water partition coefficient (Wildman–Crippen LogP) is 0.998. The third-order valence-electron chi connectivity index (χ3n) is 4.09. The molecule has 2 aliphatic rings. The van der Waals surface area contributed by atoms with Gasteiger partial charge in [-0.2, -0.15) is 0 Å². The Morgan fingerprint density at radius 2 is 1.67 bits per heavy atom. The molecule has 4 atom stereocenters. The summed E-state index contributed by atoms with van der Waals surface area (Å²) in [6, 6.07) is 9.45. The van der Waals surface area contributed by atoms with Gasteiger partial charge in [0.05, 0.1) is 31.8 Å². The van der Waals surface area contributed by atoms with Crippen molar-refractivity contribution >= 4 is 17.7 Å². The van der Waals surface area contributed by atoms with Crippen molar-refractivity contribution in [3.63, 3.8) is 0 Å². The first-order valence-electron chi connectivity index (χ1n) is 6.63. The van der Waals surface area contributed by atoms with Crippen molar-refractivity contribution in [2.24, 2.45) is 22.9 Å². The van der Waals surface area contributed by atoms with E-state index >= 15 is 0 Å². The van der Waals surface area contributed by atoms with Gasteiger partial charge in [-0.1, -0.05) is 35.5 Å². The van der Waals surface area contributed by atoms with Gasteiger partial charge in [0, 0.05) is 0 Å². The van der Waals surface area contributed by atoms with Gasteiger partial charge in [-0.05, 0) is 5.56 Å². The van der Waals surface area contributed by atoms with E-state index in [-0.39, 0.29) is 5.92 Å². The van der Waals surface area contributed by atoms with Gasteiger partial charge in [0.25, 0.3) is 0 Å². The summed E-state index contributed by atoms with van der Waals surface area (Å²) in [4.78, 5) is 29.2. The SMILES string of the molecule is COC(=O)[C@H]1[C@@H](C(=O)OC)[C@@H]2ON=C(c3ccccc3)[C@@H]21. The number of oxime groups is 1. The highest BCUT2D eigenvalue weighted by molar-refractivity contribution is 6.07. The summed E-state index contributed by atoms with van der Waals surface area (Å²) in [6.45, 7) is 0. The average Bonchev–Trinajstić information content (AvgIpc) is 2.87. The molecule has 1 fully saturated rings. The molecule has 1 aliphatic carbocycles. The van der Waals surface area contributed by atoms with E-state index < -0.39 is 29.9 Å². The molecular formula is C15H15NO5. The molecule has 0 saturated heterocycles. The fraction of sp³-hybridized carbons (Fsp3) is 0.400. The van der Waals surface area contributed by atoms with Gasteiger partial charge in [0.15, 0.2) is 6.10 Å². The number of esters is 2. The fourth-order valence-electron chi connectivity index (χ4n) is 3.05. The van der Waals surface area contributed by atoms with Crippen LogP contribution in [0, 0.1) is 17.8 Å². The summed E-state index contributed by atoms with van der Waals surface area (Å²) in [6.07, 6.45) is -0.461. The van der Waals surface area contributed by atoms with Gasteiger partial charge in [-0.25, -0.2) is 0 Å². The average molecular weight is 289 g/mol. The number of carbonyl (C=O) groups is 2. The fourth-order valence-corrected chi connectivity index (χ4v) is 3.05. The second-order valence-corrected chi connectivity index (χ2v) is 5.04. The summed E-state index contributed by atoms with van der Waals surface area (Å²) in [7, 11) is 2.59. The predicted molar refractivity (Wildman–Crippen MR) is 72.4 cm³/mol. The Bertz CT molecular complexity index is 597. The highest BCUT2D eigenvalue weighted by Gasteiger charge is 2.65. The molecular weight excluding hydrogens is 274 g/mol. The van der Waals surface area contributed by atoms with E-state index in [9.17, 15) is 9.59 Å². The minimum absolute atomic E-state index is 0.274. The lowest BCUT2D eigenvalue weighted by atomic mass is 9.60. The maximum absolute atomic E-state index is 12.0. The molecule has 0 unspecified atom stereocenters. The highest BCUT2D eigenvalue weighted by Crippen LogP contribution is 2.49. The normalized spacial score (nSPS) is 29.5. The third kappa shape index (κ3) is 1.98. The molecule has 0 bridgehead atoms. The van der Waals surface area contributed by atoms with Gasteiger partial charge >= 0.3 is 11.9 Å². The monoisotopic (exact) mass is 289 g/mol. The van der Waals surface area contributed by atoms with Crippen molar-refractivity contribution in [1.82, 2.24) is 0 Å². The third-order valence-corrected chi connectivity index (χ3v) is 4.09. The first kappa shape index (κ1) is 13.6. The molecule has 1 heterocycles. The summed E-state index contributed by atoms with van der Waals surface area (Å²) in [5, 5.41) is 4.07. The van der Waals surface area contributed by atoms with Crippen molar-refractivity contribution in [3.05, 3.63) is 35.9 Å². The van der Waals surface area contributed by atoms with E-state index in [0.29, 0.717) is 5.71 Å². The number of hydrogen-bond donors (Lipinski definition) is 0. The highest BCUT2D eigenvalue weighted by atomic mass is 16.7. The van der Waals surface area contributed by atoms with Crippen LogP contribution >= 0.6 is 0 Å². The number of hydrogen-bond acceptors (Lipinski definition) is 6. The number of nitrogens with zero attached hydrogens (tertiary/aromatic N) is 1. The van der Waals surface area contributed by atoms with Crippen LogP contribution in [0.2, 0.25) is 0 Å². The van der Waals surface area contributed by atoms with Crippen LogP contribution in [-0.2, 0) is 23.9 Å². The molecule has 1 aromatic rings. The molecule has 6 nitrogen and oxygen atoms in total. The quantitative estimate of drug-likeness (QED) is 0.776. The standard InChI is InChI=1S/C15H15NO5/c1-19-14(17)9-10-12(8-6-4-3-5-7-8)16-21-13(10)11(9)15(18)20-2/h3-7,9-11,13H,1-2H3/t9-,10+,11-,13-/m1/s1. The van der Waals surface area contributed by atoms with Gasteiger partial charge < -0.3 is 14.3 Å². The maximum atomic E-state index is 12.0. The molecule has 110 valence electrons. The lowest BCUT2D eigenvalue weighted by Gasteiger charge is -2.42. The molecule has 0 aromatic heterocycles. The number of carbonyl (C=O) groups excluding carboxylic acids is 2. The minimum atomic E-state index is -0.669. The lowest BCUT2D eigenvalue weighted by molar-refractivity contribution is -0.184. The van der Waals surface area contributed by atoms with E-state index in [0.717, 1.165) is 5.56 Å². The zero-order valence-electron chi connectivity index (χ0n) is 11.7. The van der Waals surface area contributed by atoms with E-state index in [1.54, 1.807) is 0 Å². The second-order valence-electron chi connectivity index (χ2n) is 5.04. The van der Waals surface area contributed by atoms with E-state index in [4.69, 9.17) is 14.3 Å². The van der Waals surface area contributed by atoms with Gasteiger partial charge in [-0.3, -0.25) is 9.59 Å². The van der Waals surface area contributed by atoms with E-state index in [1.807, 2.05) is 30.3 Å². The Kier molecular flexibility index (Phi) is 3.37. The number of methoxy groups -OCH3 is 2. The van der Waals surface area contributed by atoms with Crippen LogP contribution in [-0.4, -0.2) is 38.0 Å². The number of rotatable bonds is 3. The number of benzene rings is 1. The maximum Gasteiger partial charge on any atom is 0.313 e. The van der Waals surface area contributed by atoms with Crippen LogP contribution in [0.4, 0.5) is 0 Å².